The standard InChI is InChI=1S/C12H24N2O2/c1-12(2,16-4)11(15)14(3)10-8-6-5-7-9(10)13/h9-10H,5-8,13H2,1-4H3. The number of carbonyl (C=O) groups is 1. The minimum absolute atomic E-state index is 0.0114. The minimum atomic E-state index is -0.758. The molecule has 0 spiro atoms. The zero-order chi connectivity index (χ0) is 12.3. The Labute approximate surface area is 98.1 Å². The van der Waals surface area contributed by atoms with Gasteiger partial charge in [-0.05, 0) is 26.7 Å². The molecule has 1 fully saturated rings. The second kappa shape index (κ2) is 5.15. The third kappa shape index (κ3) is 2.74. The van der Waals surface area contributed by atoms with Gasteiger partial charge in [0.15, 0.2) is 0 Å². The predicted octanol–water partition coefficient (Wildman–Crippen LogP) is 1.14. The number of likely N-dealkylation sites (N-methyl/N-ethyl adjacent to an activating group) is 1. The molecule has 0 aromatic rings. The number of amides is 1. The highest BCUT2D eigenvalue weighted by Gasteiger charge is 2.36. The quantitative estimate of drug-likeness (QED) is 0.788. The number of methoxy groups -OCH3 is 1. The van der Waals surface area contributed by atoms with Gasteiger partial charge in [0.1, 0.15) is 5.60 Å². The molecule has 1 rings (SSSR count). The van der Waals surface area contributed by atoms with E-state index in [1.807, 2.05) is 7.05 Å². The Balaban J connectivity index is 2.69. The molecule has 2 N–H and O–H groups in total. The van der Waals surface area contributed by atoms with Crippen molar-refractivity contribution in [3.8, 4) is 0 Å². The van der Waals surface area contributed by atoms with Crippen LogP contribution in [0.15, 0.2) is 0 Å². The summed E-state index contributed by atoms with van der Waals surface area (Å²) in [4.78, 5) is 14.0. The zero-order valence-corrected chi connectivity index (χ0v) is 10.8. The zero-order valence-electron chi connectivity index (χ0n) is 10.8. The van der Waals surface area contributed by atoms with Crippen LogP contribution in [0.4, 0.5) is 0 Å². The summed E-state index contributed by atoms with van der Waals surface area (Å²) in [5.74, 6) is 0.0114. The maximum atomic E-state index is 12.2. The summed E-state index contributed by atoms with van der Waals surface area (Å²) in [5.41, 5.74) is 5.31. The van der Waals surface area contributed by atoms with E-state index in [1.54, 1.807) is 25.9 Å². The van der Waals surface area contributed by atoms with Crippen LogP contribution in [0.3, 0.4) is 0 Å². The molecule has 94 valence electrons. The van der Waals surface area contributed by atoms with Crippen molar-refractivity contribution in [2.24, 2.45) is 5.73 Å². The van der Waals surface area contributed by atoms with E-state index in [2.05, 4.69) is 0 Å². The molecule has 1 amide bonds. The topological polar surface area (TPSA) is 55.6 Å². The van der Waals surface area contributed by atoms with Crippen LogP contribution in [0.1, 0.15) is 39.5 Å². The average Bonchev–Trinajstić information content (AvgIpc) is 2.27. The van der Waals surface area contributed by atoms with Gasteiger partial charge in [0.05, 0.1) is 0 Å². The van der Waals surface area contributed by atoms with E-state index in [-0.39, 0.29) is 18.0 Å². The molecule has 4 nitrogen and oxygen atoms in total. The van der Waals surface area contributed by atoms with E-state index in [9.17, 15) is 4.79 Å². The number of nitrogens with zero attached hydrogens (tertiary/aromatic N) is 1. The fourth-order valence-electron chi connectivity index (χ4n) is 2.28. The summed E-state index contributed by atoms with van der Waals surface area (Å²) in [6, 6.07) is 0.269. The second-order valence-electron chi connectivity index (χ2n) is 5.15. The Morgan fingerprint density at radius 2 is 1.94 bits per heavy atom. The average molecular weight is 228 g/mol. The van der Waals surface area contributed by atoms with E-state index >= 15 is 0 Å². The molecule has 2 atom stereocenters. The number of carbonyl (C=O) groups excluding carboxylic acids is 1. The van der Waals surface area contributed by atoms with Crippen molar-refractivity contribution in [1.29, 1.82) is 0 Å². The largest absolute Gasteiger partial charge is 0.369 e. The number of ether oxygens (including phenoxy) is 1. The normalized spacial score (nSPS) is 26.6. The van der Waals surface area contributed by atoms with Gasteiger partial charge >= 0.3 is 0 Å². The molecule has 0 radical (unpaired) electrons. The van der Waals surface area contributed by atoms with Gasteiger partial charge in [-0.25, -0.2) is 0 Å². The fourth-order valence-corrected chi connectivity index (χ4v) is 2.28. The Morgan fingerprint density at radius 1 is 1.38 bits per heavy atom. The van der Waals surface area contributed by atoms with Crippen LogP contribution in [0, 0.1) is 0 Å². The summed E-state index contributed by atoms with van der Waals surface area (Å²) in [5, 5.41) is 0. The molecule has 2 unspecified atom stereocenters. The van der Waals surface area contributed by atoms with Crippen LogP contribution < -0.4 is 5.73 Å². The summed E-state index contributed by atoms with van der Waals surface area (Å²) in [7, 11) is 3.39. The van der Waals surface area contributed by atoms with Gasteiger partial charge in [0.2, 0.25) is 0 Å². The lowest BCUT2D eigenvalue weighted by molar-refractivity contribution is -0.152. The highest BCUT2D eigenvalue weighted by molar-refractivity contribution is 5.84. The maximum Gasteiger partial charge on any atom is 0.254 e. The van der Waals surface area contributed by atoms with E-state index < -0.39 is 5.60 Å². The minimum Gasteiger partial charge on any atom is -0.369 e. The molecule has 0 saturated heterocycles. The Bertz CT molecular complexity index is 253. The smallest absolute Gasteiger partial charge is 0.254 e. The molecular formula is C12H24N2O2. The first kappa shape index (κ1) is 13.5. The predicted molar refractivity (Wildman–Crippen MR) is 64.1 cm³/mol. The van der Waals surface area contributed by atoms with Crippen LogP contribution >= 0.6 is 0 Å². The summed E-state index contributed by atoms with van der Waals surface area (Å²) < 4.78 is 5.21. The first-order chi connectivity index (χ1) is 7.40. The van der Waals surface area contributed by atoms with Gasteiger partial charge in [-0.3, -0.25) is 4.79 Å². The van der Waals surface area contributed by atoms with Crippen LogP contribution in [0.2, 0.25) is 0 Å². The number of hydrogen-bond acceptors (Lipinski definition) is 3. The fraction of sp³-hybridized carbons (Fsp3) is 0.917. The monoisotopic (exact) mass is 228 g/mol. The van der Waals surface area contributed by atoms with Crippen LogP contribution in [-0.4, -0.2) is 42.6 Å². The lowest BCUT2D eigenvalue weighted by Crippen LogP contribution is -2.55. The van der Waals surface area contributed by atoms with Gasteiger partial charge in [0.25, 0.3) is 5.91 Å². The van der Waals surface area contributed by atoms with Crippen molar-refractivity contribution < 1.29 is 9.53 Å². The van der Waals surface area contributed by atoms with Gasteiger partial charge in [-0.1, -0.05) is 12.8 Å². The molecule has 0 bridgehead atoms. The van der Waals surface area contributed by atoms with Gasteiger partial charge < -0.3 is 15.4 Å². The van der Waals surface area contributed by atoms with Crippen molar-refractivity contribution in [3.63, 3.8) is 0 Å². The molecule has 1 aliphatic rings. The first-order valence-electron chi connectivity index (χ1n) is 5.98. The lowest BCUT2D eigenvalue weighted by atomic mass is 9.89. The van der Waals surface area contributed by atoms with Crippen molar-refractivity contribution in [1.82, 2.24) is 4.90 Å². The number of hydrogen-bond donors (Lipinski definition) is 1. The Hall–Kier alpha value is -0.610. The molecule has 0 aliphatic heterocycles. The molecule has 0 aromatic heterocycles. The van der Waals surface area contributed by atoms with Crippen molar-refractivity contribution in [2.45, 2.75) is 57.2 Å². The molecule has 1 saturated carbocycles. The van der Waals surface area contributed by atoms with Crippen LogP contribution in [0.25, 0.3) is 0 Å². The van der Waals surface area contributed by atoms with E-state index in [0.717, 1.165) is 19.3 Å². The lowest BCUT2D eigenvalue weighted by Gasteiger charge is -2.39. The molecule has 0 aromatic carbocycles. The third-order valence-corrected chi connectivity index (χ3v) is 3.62. The van der Waals surface area contributed by atoms with Crippen LogP contribution in [0.5, 0.6) is 0 Å². The molecule has 16 heavy (non-hydrogen) atoms. The van der Waals surface area contributed by atoms with Crippen molar-refractivity contribution >= 4 is 5.91 Å². The summed E-state index contributed by atoms with van der Waals surface area (Å²) in [6.07, 6.45) is 4.34. The summed E-state index contributed by atoms with van der Waals surface area (Å²) >= 11 is 0. The Morgan fingerprint density at radius 3 is 2.44 bits per heavy atom. The highest BCUT2D eigenvalue weighted by Crippen LogP contribution is 2.23. The van der Waals surface area contributed by atoms with E-state index in [4.69, 9.17) is 10.5 Å². The SMILES string of the molecule is COC(C)(C)C(=O)N(C)C1CCCCC1N. The van der Waals surface area contributed by atoms with Gasteiger partial charge in [0, 0.05) is 26.2 Å². The molecule has 4 heteroatoms. The van der Waals surface area contributed by atoms with E-state index in [1.165, 1.54) is 6.42 Å². The molecular weight excluding hydrogens is 204 g/mol. The number of nitrogens with two attached hydrogens (primary N) is 1. The number of rotatable bonds is 3. The molecule has 1 aliphatic carbocycles. The summed E-state index contributed by atoms with van der Waals surface area (Å²) in [6.45, 7) is 3.58. The van der Waals surface area contributed by atoms with Crippen LogP contribution in [-0.2, 0) is 9.53 Å². The van der Waals surface area contributed by atoms with Crippen molar-refractivity contribution in [2.75, 3.05) is 14.2 Å². The van der Waals surface area contributed by atoms with Crippen molar-refractivity contribution in [3.05, 3.63) is 0 Å². The first-order valence-corrected chi connectivity index (χ1v) is 5.98. The van der Waals surface area contributed by atoms with Gasteiger partial charge in [-0.2, -0.15) is 0 Å². The Kier molecular flexibility index (Phi) is 4.33. The second-order valence-corrected chi connectivity index (χ2v) is 5.15. The van der Waals surface area contributed by atoms with Gasteiger partial charge in [-0.15, -0.1) is 0 Å². The highest BCUT2D eigenvalue weighted by atomic mass is 16.5. The third-order valence-electron chi connectivity index (χ3n) is 3.62. The van der Waals surface area contributed by atoms with E-state index in [0.29, 0.717) is 0 Å². The molecule has 0 heterocycles. The maximum absolute atomic E-state index is 12.2.